The highest BCUT2D eigenvalue weighted by Crippen LogP contribution is 2.61. The summed E-state index contributed by atoms with van der Waals surface area (Å²) in [7, 11) is -4.33. The summed E-state index contributed by atoms with van der Waals surface area (Å²) in [6.07, 6.45) is 0. The number of phosphoric acid groups is 1. The van der Waals surface area contributed by atoms with E-state index < -0.39 is 47.9 Å². The third kappa shape index (κ3) is 1.10. The minimum atomic E-state index is -4.33. The molecule has 0 amide bonds. The molecule has 0 N–H and O–H groups in total. The van der Waals surface area contributed by atoms with Gasteiger partial charge in [0.2, 0.25) is 23.1 Å². The van der Waals surface area contributed by atoms with E-state index in [0.29, 0.717) is 0 Å². The van der Waals surface area contributed by atoms with Crippen LogP contribution in [0.1, 0.15) is 5.56 Å². The third-order valence-corrected chi connectivity index (χ3v) is 4.18. The molecule has 2 aliphatic heterocycles. The summed E-state index contributed by atoms with van der Waals surface area (Å²) in [6, 6.07) is 0. The molecule has 0 spiro atoms. The van der Waals surface area contributed by atoms with Crippen LogP contribution >= 0.6 is 7.82 Å². The first-order valence-corrected chi connectivity index (χ1v) is 6.54. The summed E-state index contributed by atoms with van der Waals surface area (Å²) in [5.74, 6) is -4.28. The second-order valence-electron chi connectivity index (χ2n) is 4.06. The number of phosphoric ester groups is 1. The van der Waals surface area contributed by atoms with Crippen molar-refractivity contribution in [2.45, 2.75) is 6.92 Å². The smallest absolute Gasteiger partial charge is 0.417 e. The molecular weight excluding hydrogens is 285 g/mol. The Morgan fingerprint density at radius 2 is 1.63 bits per heavy atom. The molecule has 3 heterocycles. The molecule has 0 fully saturated rings. The first kappa shape index (κ1) is 10.8. The van der Waals surface area contributed by atoms with E-state index >= 15 is 0 Å². The number of hydrogen-bond donors (Lipinski definition) is 0. The van der Waals surface area contributed by atoms with Crippen molar-refractivity contribution >= 4 is 18.8 Å². The van der Waals surface area contributed by atoms with Crippen molar-refractivity contribution < 1.29 is 31.3 Å². The molecule has 1 atom stereocenters. The number of halogens is 2. The zero-order valence-corrected chi connectivity index (χ0v) is 10.0. The van der Waals surface area contributed by atoms with Gasteiger partial charge in [-0.25, -0.2) is 4.79 Å². The monoisotopic (exact) mass is 288 g/mol. The number of hydrogen-bond acceptors (Lipinski definition) is 6. The van der Waals surface area contributed by atoms with E-state index in [2.05, 4.69) is 4.52 Å². The van der Waals surface area contributed by atoms with Gasteiger partial charge in [0.1, 0.15) is 0 Å². The van der Waals surface area contributed by atoms with Gasteiger partial charge >= 0.3 is 13.4 Å². The van der Waals surface area contributed by atoms with Gasteiger partial charge in [-0.2, -0.15) is 13.3 Å². The van der Waals surface area contributed by atoms with Crippen molar-refractivity contribution in [3.05, 3.63) is 27.6 Å². The Balaban J connectivity index is 2.41. The molecule has 19 heavy (non-hydrogen) atoms. The van der Waals surface area contributed by atoms with Crippen LogP contribution in [0.5, 0.6) is 17.2 Å². The number of rotatable bonds is 0. The predicted octanol–water partition coefficient (Wildman–Crippen LogP) is 2.65. The number of fused-ring (bicyclic) bond motifs is 3. The van der Waals surface area contributed by atoms with Gasteiger partial charge in [0.05, 0.1) is 5.39 Å². The first-order chi connectivity index (χ1) is 8.91. The molecule has 9 heteroatoms. The second kappa shape index (κ2) is 2.91. The molecule has 4 rings (SSSR count). The Morgan fingerprint density at radius 1 is 1.00 bits per heavy atom. The molecule has 0 radical (unpaired) electrons. The number of benzene rings is 1. The molecule has 98 valence electrons. The lowest BCUT2D eigenvalue weighted by atomic mass is 10.1. The Labute approximate surface area is 103 Å². The average molecular weight is 288 g/mol. The van der Waals surface area contributed by atoms with E-state index in [0.717, 1.165) is 0 Å². The van der Waals surface area contributed by atoms with E-state index in [4.69, 9.17) is 13.5 Å². The van der Waals surface area contributed by atoms with Gasteiger partial charge < -0.3 is 18.0 Å². The average Bonchev–Trinajstić information content (AvgIpc) is 2.37. The van der Waals surface area contributed by atoms with E-state index in [1.807, 2.05) is 0 Å². The lowest BCUT2D eigenvalue weighted by Gasteiger charge is -2.22. The highest BCUT2D eigenvalue weighted by molar-refractivity contribution is 7.50. The molecule has 2 aromatic rings. The SMILES string of the molecule is Cc1c2c(=O)oc3c(F)c4c(F)c(c13)OP(=O)(O4)O2. The lowest BCUT2D eigenvalue weighted by molar-refractivity contribution is 0.266. The van der Waals surface area contributed by atoms with Crippen molar-refractivity contribution in [2.75, 3.05) is 0 Å². The standard InChI is InChI=1S/C10H3F2O6P/c1-2-3-7-4(11)9-5(12)8(3)17-19(14,18-9)16-6(2)10(13)15-7/h1H3. The molecule has 1 aromatic carbocycles. The largest absolute Gasteiger partial charge is 0.647 e. The van der Waals surface area contributed by atoms with Crippen LogP contribution < -0.4 is 19.2 Å². The van der Waals surface area contributed by atoms with Gasteiger partial charge in [-0.3, -0.25) is 0 Å². The molecular formula is C10H3F2O6P. The maximum absolute atomic E-state index is 14.0. The molecule has 0 saturated carbocycles. The van der Waals surface area contributed by atoms with Gasteiger partial charge in [-0.05, 0) is 6.92 Å². The maximum Gasteiger partial charge on any atom is 0.647 e. The minimum absolute atomic E-state index is 0.0776. The molecule has 2 aliphatic rings. The van der Waals surface area contributed by atoms with Crippen molar-refractivity contribution in [2.24, 2.45) is 0 Å². The summed E-state index contributed by atoms with van der Waals surface area (Å²) in [5.41, 5.74) is -1.48. The topological polar surface area (TPSA) is 75.0 Å². The van der Waals surface area contributed by atoms with Gasteiger partial charge in [0.15, 0.2) is 11.3 Å². The van der Waals surface area contributed by atoms with E-state index in [1.54, 1.807) is 0 Å². The van der Waals surface area contributed by atoms with Crippen LogP contribution in [0, 0.1) is 18.6 Å². The Bertz CT molecular complexity index is 886. The Kier molecular flexibility index (Phi) is 1.65. The first-order valence-electron chi connectivity index (χ1n) is 5.08. The Morgan fingerprint density at radius 3 is 2.37 bits per heavy atom. The highest BCUT2D eigenvalue weighted by Gasteiger charge is 2.48. The third-order valence-electron chi connectivity index (χ3n) is 2.96. The van der Waals surface area contributed by atoms with E-state index in [-0.39, 0.29) is 10.9 Å². The summed E-state index contributed by atoms with van der Waals surface area (Å²) < 4.78 is 59.0. The predicted molar refractivity (Wildman–Crippen MR) is 56.6 cm³/mol. The van der Waals surface area contributed by atoms with Gasteiger partial charge in [-0.1, -0.05) is 0 Å². The second-order valence-corrected chi connectivity index (χ2v) is 5.50. The summed E-state index contributed by atoms with van der Waals surface area (Å²) in [4.78, 5) is 11.6. The number of aryl methyl sites for hydroxylation is 1. The maximum atomic E-state index is 14.0. The van der Waals surface area contributed by atoms with Crippen LogP contribution in [0.4, 0.5) is 8.78 Å². The molecule has 6 nitrogen and oxygen atoms in total. The van der Waals surface area contributed by atoms with Crippen molar-refractivity contribution in [3.63, 3.8) is 0 Å². The summed E-state index contributed by atoms with van der Waals surface area (Å²) >= 11 is 0. The van der Waals surface area contributed by atoms with Crippen LogP contribution in [-0.2, 0) is 4.57 Å². The molecule has 1 unspecified atom stereocenters. The van der Waals surface area contributed by atoms with Crippen LogP contribution in [0.2, 0.25) is 0 Å². The Hall–Kier alpha value is -2.08. The summed E-state index contributed by atoms with van der Waals surface area (Å²) in [6.45, 7) is 1.38. The fourth-order valence-corrected chi connectivity index (χ4v) is 3.46. The van der Waals surface area contributed by atoms with Gasteiger partial charge in [0.25, 0.3) is 0 Å². The van der Waals surface area contributed by atoms with Crippen LogP contribution in [0.25, 0.3) is 11.0 Å². The molecule has 0 aliphatic carbocycles. The van der Waals surface area contributed by atoms with Crippen molar-refractivity contribution in [1.82, 2.24) is 0 Å². The highest BCUT2D eigenvalue weighted by atomic mass is 31.2. The normalized spacial score (nSPS) is 22.3. The van der Waals surface area contributed by atoms with Crippen molar-refractivity contribution in [1.29, 1.82) is 0 Å². The van der Waals surface area contributed by atoms with Crippen LogP contribution in [0.3, 0.4) is 0 Å². The van der Waals surface area contributed by atoms with Crippen LogP contribution in [0.15, 0.2) is 9.21 Å². The van der Waals surface area contributed by atoms with E-state index in [1.165, 1.54) is 6.92 Å². The fraction of sp³-hybridized carbons (Fsp3) is 0.100. The minimum Gasteiger partial charge on any atom is -0.417 e. The molecule has 1 aromatic heterocycles. The quantitative estimate of drug-likeness (QED) is 0.548. The van der Waals surface area contributed by atoms with Crippen LogP contribution in [-0.4, -0.2) is 0 Å². The lowest BCUT2D eigenvalue weighted by Crippen LogP contribution is -2.14. The van der Waals surface area contributed by atoms with Crippen molar-refractivity contribution in [3.8, 4) is 17.2 Å². The van der Waals surface area contributed by atoms with Gasteiger partial charge in [0, 0.05) is 5.56 Å². The zero-order valence-electron chi connectivity index (χ0n) is 9.15. The van der Waals surface area contributed by atoms with Gasteiger partial charge in [-0.15, -0.1) is 0 Å². The fourth-order valence-electron chi connectivity index (χ4n) is 2.13. The molecule has 0 saturated heterocycles. The summed E-state index contributed by atoms with van der Waals surface area (Å²) in [5, 5.41) is -0.130. The molecule has 5 bridgehead atoms. The van der Waals surface area contributed by atoms with E-state index in [9.17, 15) is 18.1 Å². The zero-order chi connectivity index (χ0) is 13.5.